The predicted molar refractivity (Wildman–Crippen MR) is 168 cm³/mol. The fourth-order valence-electron chi connectivity index (χ4n) is 6.22. The number of hydrogen-bond donors (Lipinski definition) is 2. The molecule has 0 radical (unpaired) electrons. The van der Waals surface area contributed by atoms with E-state index in [-0.39, 0.29) is 30.6 Å². The molecule has 4 aromatic rings. The lowest BCUT2D eigenvalue weighted by molar-refractivity contribution is -0.138. The van der Waals surface area contributed by atoms with Crippen molar-refractivity contribution in [2.45, 2.75) is 63.6 Å². The molecule has 11 heteroatoms. The summed E-state index contributed by atoms with van der Waals surface area (Å²) >= 11 is 0. The zero-order chi connectivity index (χ0) is 30.5. The van der Waals surface area contributed by atoms with Crippen molar-refractivity contribution in [2.75, 3.05) is 29.9 Å². The van der Waals surface area contributed by atoms with Gasteiger partial charge in [0.15, 0.2) is 0 Å². The maximum Gasteiger partial charge on any atom is 0.317 e. The minimum atomic E-state index is -0.811. The monoisotopic (exact) mass is 595 g/mol. The Hall–Kier alpha value is -4.64. The molecule has 0 spiro atoms. The van der Waals surface area contributed by atoms with Crippen LogP contribution in [0.2, 0.25) is 0 Å². The largest absolute Gasteiger partial charge is 0.480 e. The molecule has 1 saturated carbocycles. The Morgan fingerprint density at radius 1 is 0.909 bits per heavy atom. The van der Waals surface area contributed by atoms with Crippen LogP contribution in [-0.4, -0.2) is 79.6 Å². The SMILES string of the molecule is CC(=O)N(c1ccc(-c2cnc(OC3CCN(CC(=O)O)CC3)nc2)cc1)C1CCC(Nc2ncc3ccccc3n2)CC1. The number of carbonyl (C=O) groups excluding carboxylic acids is 1. The van der Waals surface area contributed by atoms with Crippen LogP contribution in [0.3, 0.4) is 0 Å². The van der Waals surface area contributed by atoms with Gasteiger partial charge in [-0.2, -0.15) is 0 Å². The minimum Gasteiger partial charge on any atom is -0.480 e. The zero-order valence-corrected chi connectivity index (χ0v) is 24.8. The van der Waals surface area contributed by atoms with Gasteiger partial charge in [0, 0.05) is 67.3 Å². The molecule has 2 aliphatic rings. The van der Waals surface area contributed by atoms with Gasteiger partial charge in [0.05, 0.1) is 12.1 Å². The topological polar surface area (TPSA) is 134 Å². The standard InChI is InChI=1S/C33H37N7O4/c1-22(41)40(28-12-8-26(9-13-28)37-32-34-18-24-4-2-3-5-30(24)38-32)27-10-6-23(7-11-27)25-19-35-33(36-20-25)44-29-14-16-39(17-15-29)21-31(42)43/h2-7,10-11,18-20,26,28-29H,8-9,12-17,21H2,1H3,(H,42,43)(H,34,37,38). The van der Waals surface area contributed by atoms with Crippen molar-refractivity contribution >= 4 is 34.4 Å². The Morgan fingerprint density at radius 3 is 2.30 bits per heavy atom. The second-order valence-electron chi connectivity index (χ2n) is 11.6. The third-order valence-corrected chi connectivity index (χ3v) is 8.50. The predicted octanol–water partition coefficient (Wildman–Crippen LogP) is 4.79. The maximum absolute atomic E-state index is 12.8. The lowest BCUT2D eigenvalue weighted by Gasteiger charge is -2.36. The number of fused-ring (bicyclic) bond motifs is 1. The van der Waals surface area contributed by atoms with Gasteiger partial charge in [-0.05, 0) is 62.3 Å². The molecule has 2 aromatic carbocycles. The Morgan fingerprint density at radius 2 is 1.61 bits per heavy atom. The molecule has 3 heterocycles. The highest BCUT2D eigenvalue weighted by atomic mass is 16.5. The van der Waals surface area contributed by atoms with Gasteiger partial charge in [-0.1, -0.05) is 30.3 Å². The number of aromatic nitrogens is 4. The average molecular weight is 596 g/mol. The number of piperidine rings is 1. The first-order valence-electron chi connectivity index (χ1n) is 15.2. The van der Waals surface area contributed by atoms with E-state index in [4.69, 9.17) is 9.84 Å². The number of amides is 1. The van der Waals surface area contributed by atoms with Crippen molar-refractivity contribution in [2.24, 2.45) is 0 Å². The number of ether oxygens (including phenoxy) is 1. The molecule has 11 nitrogen and oxygen atoms in total. The van der Waals surface area contributed by atoms with Crippen LogP contribution in [-0.2, 0) is 9.59 Å². The molecule has 0 bridgehead atoms. The number of nitrogens with one attached hydrogen (secondary N) is 1. The molecule has 44 heavy (non-hydrogen) atoms. The smallest absolute Gasteiger partial charge is 0.317 e. The summed E-state index contributed by atoms with van der Waals surface area (Å²) in [7, 11) is 0. The molecule has 6 rings (SSSR count). The minimum absolute atomic E-state index is 0.0272. The molecule has 1 aliphatic carbocycles. The Kier molecular flexibility index (Phi) is 8.92. The quantitative estimate of drug-likeness (QED) is 0.278. The molecule has 2 fully saturated rings. The highest BCUT2D eigenvalue weighted by Crippen LogP contribution is 2.31. The van der Waals surface area contributed by atoms with Crippen LogP contribution < -0.4 is 15.0 Å². The van der Waals surface area contributed by atoms with Gasteiger partial charge >= 0.3 is 12.0 Å². The van der Waals surface area contributed by atoms with Crippen molar-refractivity contribution in [3.05, 3.63) is 67.1 Å². The summed E-state index contributed by atoms with van der Waals surface area (Å²) in [6.45, 7) is 3.04. The van der Waals surface area contributed by atoms with Crippen molar-refractivity contribution in [1.29, 1.82) is 0 Å². The molecule has 1 aliphatic heterocycles. The van der Waals surface area contributed by atoms with Gasteiger partial charge < -0.3 is 20.1 Å². The highest BCUT2D eigenvalue weighted by molar-refractivity contribution is 5.92. The van der Waals surface area contributed by atoms with Gasteiger partial charge in [-0.25, -0.2) is 19.9 Å². The number of nitrogens with zero attached hydrogens (tertiary/aromatic N) is 6. The van der Waals surface area contributed by atoms with Gasteiger partial charge in [0.1, 0.15) is 6.10 Å². The van der Waals surface area contributed by atoms with E-state index < -0.39 is 5.97 Å². The lowest BCUT2D eigenvalue weighted by Crippen LogP contribution is -2.43. The fraction of sp³-hybridized carbons (Fsp3) is 0.394. The van der Waals surface area contributed by atoms with E-state index in [2.05, 4.69) is 25.3 Å². The summed E-state index contributed by atoms with van der Waals surface area (Å²) in [6, 6.07) is 16.6. The van der Waals surface area contributed by atoms with E-state index in [0.717, 1.165) is 66.2 Å². The number of benzene rings is 2. The summed E-state index contributed by atoms with van der Waals surface area (Å²) in [5.41, 5.74) is 3.62. The Bertz CT molecular complexity index is 1580. The van der Waals surface area contributed by atoms with E-state index in [1.165, 1.54) is 0 Å². The number of likely N-dealkylation sites (tertiary alicyclic amines) is 1. The van der Waals surface area contributed by atoms with E-state index in [1.807, 2.05) is 64.5 Å². The highest BCUT2D eigenvalue weighted by Gasteiger charge is 2.29. The first-order chi connectivity index (χ1) is 21.4. The van der Waals surface area contributed by atoms with Crippen LogP contribution in [0.5, 0.6) is 6.01 Å². The first-order valence-corrected chi connectivity index (χ1v) is 15.2. The van der Waals surface area contributed by atoms with Crippen molar-refractivity contribution in [3.63, 3.8) is 0 Å². The summed E-state index contributed by atoms with van der Waals surface area (Å²) in [6.07, 6.45) is 10.4. The first kappa shape index (κ1) is 29.4. The van der Waals surface area contributed by atoms with Gasteiger partial charge in [-0.15, -0.1) is 0 Å². The maximum atomic E-state index is 12.8. The second kappa shape index (κ2) is 13.3. The molecule has 2 N–H and O–H groups in total. The molecule has 1 amide bonds. The van der Waals surface area contributed by atoms with E-state index in [1.54, 1.807) is 19.3 Å². The molecular formula is C33H37N7O4. The van der Waals surface area contributed by atoms with Crippen molar-refractivity contribution in [1.82, 2.24) is 24.8 Å². The number of anilines is 2. The summed E-state index contributed by atoms with van der Waals surface area (Å²) < 4.78 is 5.95. The van der Waals surface area contributed by atoms with E-state index in [0.29, 0.717) is 25.0 Å². The molecule has 1 saturated heterocycles. The van der Waals surface area contributed by atoms with Gasteiger partial charge in [0.2, 0.25) is 11.9 Å². The Labute approximate surface area is 256 Å². The summed E-state index contributed by atoms with van der Waals surface area (Å²) in [5, 5.41) is 13.5. The summed E-state index contributed by atoms with van der Waals surface area (Å²) in [4.78, 5) is 45.5. The molecule has 0 atom stereocenters. The normalized spacial score (nSPS) is 19.4. The average Bonchev–Trinajstić information content (AvgIpc) is 3.03. The number of aliphatic carboxylic acids is 1. The second-order valence-corrected chi connectivity index (χ2v) is 11.6. The van der Waals surface area contributed by atoms with Gasteiger partial charge in [-0.3, -0.25) is 14.5 Å². The zero-order valence-electron chi connectivity index (χ0n) is 24.8. The molecule has 0 unspecified atom stereocenters. The number of carboxylic acids is 1. The molecule has 228 valence electrons. The summed E-state index contributed by atoms with van der Waals surface area (Å²) in [5.74, 6) is -0.131. The Balaban J connectivity index is 1.03. The number of carboxylic acid groups (broad SMARTS) is 1. The number of rotatable bonds is 9. The van der Waals surface area contributed by atoms with Crippen LogP contribution in [0.15, 0.2) is 67.1 Å². The third-order valence-electron chi connectivity index (χ3n) is 8.50. The van der Waals surface area contributed by atoms with Crippen LogP contribution in [0.1, 0.15) is 45.4 Å². The van der Waals surface area contributed by atoms with Crippen LogP contribution in [0.25, 0.3) is 22.0 Å². The van der Waals surface area contributed by atoms with Crippen molar-refractivity contribution < 1.29 is 19.4 Å². The van der Waals surface area contributed by atoms with E-state index in [9.17, 15) is 9.59 Å². The lowest BCUT2D eigenvalue weighted by atomic mass is 9.89. The van der Waals surface area contributed by atoms with Crippen LogP contribution in [0.4, 0.5) is 11.6 Å². The van der Waals surface area contributed by atoms with Crippen LogP contribution >= 0.6 is 0 Å². The van der Waals surface area contributed by atoms with Crippen LogP contribution in [0, 0.1) is 0 Å². The number of carbonyl (C=O) groups is 2. The third kappa shape index (κ3) is 7.11. The molecular weight excluding hydrogens is 558 g/mol. The van der Waals surface area contributed by atoms with Gasteiger partial charge in [0.25, 0.3) is 0 Å². The number of para-hydroxylation sites is 1. The van der Waals surface area contributed by atoms with Crippen molar-refractivity contribution in [3.8, 4) is 17.1 Å². The van der Waals surface area contributed by atoms with E-state index >= 15 is 0 Å². The fourth-order valence-corrected chi connectivity index (χ4v) is 6.22. The molecule has 2 aromatic heterocycles. The number of hydrogen-bond acceptors (Lipinski definition) is 9.